The number of aryl methyl sites for hydroxylation is 2. The SMILES string of the molecule is COC(=O)c1ccc(NC(=O)COc2nc3ccccc3n2S(=O)(=O)c2cc(C)cc(C)c2)c(Cl)c1. The van der Waals surface area contributed by atoms with Crippen LogP contribution in [0.5, 0.6) is 6.01 Å². The Balaban J connectivity index is 1.62. The van der Waals surface area contributed by atoms with Crippen molar-refractivity contribution in [2.24, 2.45) is 0 Å². The van der Waals surface area contributed by atoms with Crippen molar-refractivity contribution in [2.75, 3.05) is 19.0 Å². The van der Waals surface area contributed by atoms with Gasteiger partial charge in [0.25, 0.3) is 15.9 Å². The fourth-order valence-corrected chi connectivity index (χ4v) is 5.49. The van der Waals surface area contributed by atoms with Crippen LogP contribution in [0.4, 0.5) is 5.69 Å². The van der Waals surface area contributed by atoms with Crippen LogP contribution in [-0.2, 0) is 19.6 Å². The van der Waals surface area contributed by atoms with Crippen LogP contribution in [0, 0.1) is 13.8 Å². The summed E-state index contributed by atoms with van der Waals surface area (Å²) in [6.07, 6.45) is 0. The molecular weight excluding hydrogens is 506 g/mol. The van der Waals surface area contributed by atoms with Crippen LogP contribution >= 0.6 is 11.6 Å². The molecule has 0 unspecified atom stereocenters. The standard InChI is InChI=1S/C25H22ClN3O6S/c1-15-10-16(2)12-18(11-15)36(32,33)29-22-7-5-4-6-21(22)28-25(29)35-14-23(30)27-20-9-8-17(13-19(20)26)24(31)34-3/h4-13H,14H2,1-3H3,(H,27,30). The molecule has 186 valence electrons. The van der Waals surface area contributed by atoms with Crippen molar-refractivity contribution in [2.45, 2.75) is 18.7 Å². The summed E-state index contributed by atoms with van der Waals surface area (Å²) in [5.41, 5.74) is 2.75. The number of imidazole rings is 1. The predicted octanol–water partition coefficient (Wildman–Crippen LogP) is 4.35. The van der Waals surface area contributed by atoms with Gasteiger partial charge in [0.05, 0.1) is 39.3 Å². The number of anilines is 1. The van der Waals surface area contributed by atoms with E-state index in [-0.39, 0.29) is 27.2 Å². The van der Waals surface area contributed by atoms with Crippen LogP contribution in [0.3, 0.4) is 0 Å². The molecular formula is C25H22ClN3O6S. The summed E-state index contributed by atoms with van der Waals surface area (Å²) in [5, 5.41) is 2.69. The van der Waals surface area contributed by atoms with Crippen molar-refractivity contribution in [3.05, 3.63) is 82.4 Å². The lowest BCUT2D eigenvalue weighted by molar-refractivity contribution is -0.118. The van der Waals surface area contributed by atoms with Gasteiger partial charge in [-0.15, -0.1) is 0 Å². The van der Waals surface area contributed by atoms with Gasteiger partial charge >= 0.3 is 12.0 Å². The fourth-order valence-electron chi connectivity index (χ4n) is 3.67. The van der Waals surface area contributed by atoms with E-state index < -0.39 is 28.5 Å². The van der Waals surface area contributed by atoms with Crippen molar-refractivity contribution in [3.63, 3.8) is 0 Å². The molecule has 4 rings (SSSR count). The third-order valence-electron chi connectivity index (χ3n) is 5.22. The highest BCUT2D eigenvalue weighted by Crippen LogP contribution is 2.29. The number of hydrogen-bond donors (Lipinski definition) is 1. The first-order valence-corrected chi connectivity index (χ1v) is 12.5. The number of carbonyl (C=O) groups is 2. The van der Waals surface area contributed by atoms with E-state index >= 15 is 0 Å². The number of para-hydroxylation sites is 2. The van der Waals surface area contributed by atoms with E-state index in [2.05, 4.69) is 15.0 Å². The van der Waals surface area contributed by atoms with Gasteiger partial charge in [0.15, 0.2) is 6.61 Å². The zero-order chi connectivity index (χ0) is 26.0. The minimum absolute atomic E-state index is 0.0786. The highest BCUT2D eigenvalue weighted by Gasteiger charge is 2.26. The molecule has 0 saturated heterocycles. The molecule has 0 spiro atoms. The van der Waals surface area contributed by atoms with Gasteiger partial charge in [-0.1, -0.05) is 29.8 Å². The molecule has 0 atom stereocenters. The number of benzene rings is 3. The molecule has 0 saturated carbocycles. The lowest BCUT2D eigenvalue weighted by Gasteiger charge is -2.13. The summed E-state index contributed by atoms with van der Waals surface area (Å²) in [6, 6.07) is 15.7. The monoisotopic (exact) mass is 527 g/mol. The van der Waals surface area contributed by atoms with Crippen LogP contribution in [0.25, 0.3) is 11.0 Å². The van der Waals surface area contributed by atoms with Gasteiger partial charge in [0, 0.05) is 0 Å². The summed E-state index contributed by atoms with van der Waals surface area (Å²) in [5.74, 6) is -1.17. The van der Waals surface area contributed by atoms with Crippen molar-refractivity contribution >= 4 is 50.2 Å². The second-order valence-corrected chi connectivity index (χ2v) is 10.2. The Morgan fingerprint density at radius 2 is 1.72 bits per heavy atom. The molecule has 0 radical (unpaired) electrons. The average molecular weight is 528 g/mol. The average Bonchev–Trinajstić information content (AvgIpc) is 3.22. The normalized spacial score (nSPS) is 11.3. The number of nitrogens with one attached hydrogen (secondary N) is 1. The summed E-state index contributed by atoms with van der Waals surface area (Å²) in [6.45, 7) is 3.08. The van der Waals surface area contributed by atoms with E-state index in [0.29, 0.717) is 11.0 Å². The zero-order valence-corrected chi connectivity index (χ0v) is 21.2. The largest absolute Gasteiger partial charge is 0.465 e. The number of nitrogens with zero attached hydrogens (tertiary/aromatic N) is 2. The van der Waals surface area contributed by atoms with E-state index in [1.165, 1.54) is 25.3 Å². The first-order valence-electron chi connectivity index (χ1n) is 10.7. The first-order chi connectivity index (χ1) is 17.1. The molecule has 1 aromatic heterocycles. The third kappa shape index (κ3) is 5.05. The molecule has 1 amide bonds. The van der Waals surface area contributed by atoms with Gasteiger partial charge in [0.1, 0.15) is 0 Å². The van der Waals surface area contributed by atoms with E-state index in [1.54, 1.807) is 36.4 Å². The van der Waals surface area contributed by atoms with Crippen LogP contribution in [-0.4, -0.2) is 43.0 Å². The van der Waals surface area contributed by atoms with E-state index in [4.69, 9.17) is 16.3 Å². The number of rotatable bonds is 7. The maximum absolute atomic E-state index is 13.6. The zero-order valence-electron chi connectivity index (χ0n) is 19.6. The Kier molecular flexibility index (Phi) is 7.00. The van der Waals surface area contributed by atoms with Gasteiger partial charge in [-0.05, 0) is 67.4 Å². The van der Waals surface area contributed by atoms with Crippen LogP contribution in [0.1, 0.15) is 21.5 Å². The van der Waals surface area contributed by atoms with Gasteiger partial charge in [-0.3, -0.25) is 4.79 Å². The van der Waals surface area contributed by atoms with Gasteiger partial charge in [0.2, 0.25) is 0 Å². The molecule has 0 fully saturated rings. The molecule has 11 heteroatoms. The molecule has 4 aromatic rings. The number of ether oxygens (including phenoxy) is 2. The molecule has 0 aliphatic heterocycles. The Morgan fingerprint density at radius 1 is 1.03 bits per heavy atom. The highest BCUT2D eigenvalue weighted by molar-refractivity contribution is 7.90. The van der Waals surface area contributed by atoms with Crippen molar-refractivity contribution in [3.8, 4) is 6.01 Å². The smallest absolute Gasteiger partial charge is 0.337 e. The quantitative estimate of drug-likeness (QED) is 0.355. The van der Waals surface area contributed by atoms with E-state index in [1.807, 2.05) is 19.9 Å². The van der Waals surface area contributed by atoms with Crippen molar-refractivity contribution in [1.29, 1.82) is 0 Å². The summed E-state index contributed by atoms with van der Waals surface area (Å²) in [7, 11) is -2.85. The van der Waals surface area contributed by atoms with Crippen molar-refractivity contribution < 1.29 is 27.5 Å². The van der Waals surface area contributed by atoms with Crippen LogP contribution in [0.2, 0.25) is 5.02 Å². The Morgan fingerprint density at radius 3 is 2.39 bits per heavy atom. The summed E-state index contributed by atoms with van der Waals surface area (Å²) >= 11 is 6.16. The highest BCUT2D eigenvalue weighted by atomic mass is 35.5. The number of aromatic nitrogens is 2. The van der Waals surface area contributed by atoms with Gasteiger partial charge in [-0.2, -0.15) is 8.96 Å². The maximum atomic E-state index is 13.6. The minimum Gasteiger partial charge on any atom is -0.465 e. The van der Waals surface area contributed by atoms with Crippen molar-refractivity contribution in [1.82, 2.24) is 8.96 Å². The molecule has 0 aliphatic rings. The van der Waals surface area contributed by atoms with Gasteiger partial charge < -0.3 is 14.8 Å². The molecule has 0 aliphatic carbocycles. The first kappa shape index (κ1) is 25.2. The molecule has 1 heterocycles. The minimum atomic E-state index is -4.09. The van der Waals surface area contributed by atoms with E-state index in [9.17, 15) is 18.0 Å². The number of amides is 1. The maximum Gasteiger partial charge on any atom is 0.337 e. The number of halogens is 1. The van der Waals surface area contributed by atoms with Crippen LogP contribution < -0.4 is 10.1 Å². The Hall–Kier alpha value is -3.89. The predicted molar refractivity (Wildman–Crippen MR) is 135 cm³/mol. The second kappa shape index (κ2) is 10.00. The lowest BCUT2D eigenvalue weighted by atomic mass is 10.2. The number of carbonyl (C=O) groups excluding carboxylic acids is 2. The van der Waals surface area contributed by atoms with Crippen LogP contribution in [0.15, 0.2) is 65.6 Å². The Labute approximate surface area is 212 Å². The molecule has 1 N–H and O–H groups in total. The molecule has 36 heavy (non-hydrogen) atoms. The second-order valence-electron chi connectivity index (χ2n) is 8.00. The fraction of sp³-hybridized carbons (Fsp3) is 0.160. The van der Waals surface area contributed by atoms with Gasteiger partial charge in [-0.25, -0.2) is 13.2 Å². The third-order valence-corrected chi connectivity index (χ3v) is 7.20. The molecule has 3 aromatic carbocycles. The summed E-state index contributed by atoms with van der Waals surface area (Å²) < 4.78 is 38.4. The number of esters is 1. The molecule has 0 bridgehead atoms. The topological polar surface area (TPSA) is 117 Å². The molecule has 9 nitrogen and oxygen atoms in total. The number of fused-ring (bicyclic) bond motifs is 1. The van der Waals surface area contributed by atoms with E-state index in [0.717, 1.165) is 15.1 Å². The lowest BCUT2D eigenvalue weighted by Crippen LogP contribution is -2.23. The Bertz CT molecular complexity index is 1580. The number of hydrogen-bond acceptors (Lipinski definition) is 7. The number of methoxy groups -OCH3 is 1. The summed E-state index contributed by atoms with van der Waals surface area (Å²) in [4.78, 5) is 28.6.